The second-order valence-electron chi connectivity index (χ2n) is 3.71. The van der Waals surface area contributed by atoms with Crippen molar-refractivity contribution in [3.05, 3.63) is 0 Å². The van der Waals surface area contributed by atoms with Gasteiger partial charge in [0.25, 0.3) is 20.2 Å². The molecule has 0 radical (unpaired) electrons. The molecule has 6 nitrogen and oxygen atoms in total. The Labute approximate surface area is 96.6 Å². The third kappa shape index (κ3) is 8.03. The first-order valence-electron chi connectivity index (χ1n) is 5.08. The lowest BCUT2D eigenvalue weighted by molar-refractivity contribution is 0.447. The van der Waals surface area contributed by atoms with Crippen LogP contribution in [0.15, 0.2) is 0 Å². The van der Waals surface area contributed by atoms with Crippen LogP contribution in [-0.2, 0) is 20.2 Å². The van der Waals surface area contributed by atoms with Crippen molar-refractivity contribution in [1.29, 1.82) is 0 Å². The summed E-state index contributed by atoms with van der Waals surface area (Å²) in [5.74, 6) is -0.481. The highest BCUT2D eigenvalue weighted by Gasteiger charge is 2.22. The Bertz CT molecular complexity index is 383. The van der Waals surface area contributed by atoms with Gasteiger partial charge in [-0.25, -0.2) is 0 Å². The molecule has 0 saturated carbocycles. The van der Waals surface area contributed by atoms with E-state index in [1.165, 1.54) is 0 Å². The van der Waals surface area contributed by atoms with Crippen LogP contribution in [0.1, 0.15) is 39.0 Å². The van der Waals surface area contributed by atoms with Gasteiger partial charge in [-0.15, -0.1) is 0 Å². The molecule has 98 valence electrons. The molecule has 2 N–H and O–H groups in total. The van der Waals surface area contributed by atoms with Crippen LogP contribution < -0.4 is 0 Å². The highest BCUT2D eigenvalue weighted by atomic mass is 32.2. The van der Waals surface area contributed by atoms with Crippen LogP contribution in [0.2, 0.25) is 0 Å². The number of hydrogen-bond acceptors (Lipinski definition) is 4. The van der Waals surface area contributed by atoms with Crippen LogP contribution >= 0.6 is 0 Å². The molecule has 0 saturated heterocycles. The van der Waals surface area contributed by atoms with Gasteiger partial charge in [-0.2, -0.15) is 16.8 Å². The standard InChI is InChI=1S/C8H18O6S2/c1-2-3-5-8(16(12,13)14)6-4-7-15(9,10)11/h8H,2-7H2,1H3,(H,9,10,11)(H,12,13,14). The van der Waals surface area contributed by atoms with E-state index in [2.05, 4.69) is 0 Å². The van der Waals surface area contributed by atoms with Crippen molar-refractivity contribution in [3.63, 3.8) is 0 Å². The molecule has 1 unspecified atom stereocenters. The van der Waals surface area contributed by atoms with Crippen LogP contribution in [-0.4, -0.2) is 36.9 Å². The van der Waals surface area contributed by atoms with E-state index in [0.717, 1.165) is 6.42 Å². The van der Waals surface area contributed by atoms with Gasteiger partial charge in [0.05, 0.1) is 11.0 Å². The molecule has 1 atom stereocenters. The Kier molecular flexibility index (Phi) is 6.46. The summed E-state index contributed by atoms with van der Waals surface area (Å²) in [5, 5.41) is -0.936. The monoisotopic (exact) mass is 274 g/mol. The maximum Gasteiger partial charge on any atom is 0.267 e. The smallest absolute Gasteiger partial charge is 0.267 e. The minimum atomic E-state index is -4.13. The van der Waals surface area contributed by atoms with Crippen molar-refractivity contribution < 1.29 is 25.9 Å². The van der Waals surface area contributed by atoms with Gasteiger partial charge in [0, 0.05) is 0 Å². The van der Waals surface area contributed by atoms with Gasteiger partial charge < -0.3 is 0 Å². The van der Waals surface area contributed by atoms with E-state index in [-0.39, 0.29) is 12.8 Å². The lowest BCUT2D eigenvalue weighted by atomic mass is 10.1. The summed E-state index contributed by atoms with van der Waals surface area (Å²) in [5.41, 5.74) is 0. The largest absolute Gasteiger partial charge is 0.286 e. The predicted octanol–water partition coefficient (Wildman–Crippen LogP) is 1.10. The molecular weight excluding hydrogens is 256 g/mol. The summed E-state index contributed by atoms with van der Waals surface area (Å²) < 4.78 is 60.1. The normalized spacial score (nSPS) is 14.9. The zero-order valence-corrected chi connectivity index (χ0v) is 10.8. The minimum Gasteiger partial charge on any atom is -0.286 e. The lowest BCUT2D eigenvalue weighted by Gasteiger charge is -2.12. The van der Waals surface area contributed by atoms with Gasteiger partial charge in [-0.3, -0.25) is 9.11 Å². The van der Waals surface area contributed by atoms with Gasteiger partial charge in [0.15, 0.2) is 0 Å². The average Bonchev–Trinajstić information content (AvgIpc) is 2.06. The van der Waals surface area contributed by atoms with E-state index in [1.54, 1.807) is 0 Å². The second kappa shape index (κ2) is 6.53. The molecule has 0 aromatic carbocycles. The average molecular weight is 274 g/mol. The van der Waals surface area contributed by atoms with Gasteiger partial charge in [-0.05, 0) is 19.3 Å². The van der Waals surface area contributed by atoms with Crippen molar-refractivity contribution in [2.45, 2.75) is 44.3 Å². The summed E-state index contributed by atoms with van der Waals surface area (Å²) in [4.78, 5) is 0. The van der Waals surface area contributed by atoms with Crippen molar-refractivity contribution in [1.82, 2.24) is 0 Å². The summed E-state index contributed by atoms with van der Waals surface area (Å²) in [7, 11) is -8.19. The molecule has 0 spiro atoms. The molecule has 0 heterocycles. The van der Waals surface area contributed by atoms with Crippen molar-refractivity contribution in [3.8, 4) is 0 Å². The number of unbranched alkanes of at least 4 members (excludes halogenated alkanes) is 1. The fourth-order valence-corrected chi connectivity index (χ4v) is 2.83. The third-order valence-electron chi connectivity index (χ3n) is 2.23. The van der Waals surface area contributed by atoms with E-state index >= 15 is 0 Å². The first kappa shape index (κ1) is 15.8. The molecule has 0 aliphatic carbocycles. The molecule has 0 aromatic heterocycles. The lowest BCUT2D eigenvalue weighted by Crippen LogP contribution is -2.21. The first-order valence-corrected chi connectivity index (χ1v) is 8.19. The van der Waals surface area contributed by atoms with Gasteiger partial charge in [-0.1, -0.05) is 19.8 Å². The summed E-state index contributed by atoms with van der Waals surface area (Å²) in [6, 6.07) is 0. The van der Waals surface area contributed by atoms with E-state index in [9.17, 15) is 16.8 Å². The molecule has 8 heteroatoms. The van der Waals surface area contributed by atoms with E-state index in [1.807, 2.05) is 6.92 Å². The Balaban J connectivity index is 4.24. The molecule has 0 bridgehead atoms. The van der Waals surface area contributed by atoms with Crippen LogP contribution in [0.5, 0.6) is 0 Å². The fourth-order valence-electron chi connectivity index (χ4n) is 1.37. The number of hydrogen-bond donors (Lipinski definition) is 2. The van der Waals surface area contributed by atoms with Crippen LogP contribution in [0, 0.1) is 0 Å². The Morgan fingerprint density at radius 2 is 1.50 bits per heavy atom. The predicted molar refractivity (Wildman–Crippen MR) is 60.5 cm³/mol. The van der Waals surface area contributed by atoms with Crippen LogP contribution in [0.3, 0.4) is 0 Å². The Morgan fingerprint density at radius 3 is 1.88 bits per heavy atom. The quantitative estimate of drug-likeness (QED) is 0.641. The maximum atomic E-state index is 10.9. The van der Waals surface area contributed by atoms with Crippen molar-refractivity contribution in [2.75, 3.05) is 5.75 Å². The molecule has 0 aromatic rings. The topological polar surface area (TPSA) is 109 Å². The molecule has 0 aliphatic rings. The first-order chi connectivity index (χ1) is 7.17. The maximum absolute atomic E-state index is 10.9. The van der Waals surface area contributed by atoms with E-state index < -0.39 is 31.2 Å². The minimum absolute atomic E-state index is 0.0208. The summed E-state index contributed by atoms with van der Waals surface area (Å²) in [6.45, 7) is 1.89. The van der Waals surface area contributed by atoms with E-state index in [0.29, 0.717) is 12.8 Å². The van der Waals surface area contributed by atoms with Crippen molar-refractivity contribution >= 4 is 20.2 Å². The molecule has 16 heavy (non-hydrogen) atoms. The number of rotatable bonds is 8. The van der Waals surface area contributed by atoms with Crippen LogP contribution in [0.4, 0.5) is 0 Å². The van der Waals surface area contributed by atoms with Crippen molar-refractivity contribution in [2.24, 2.45) is 0 Å². The molecule has 0 amide bonds. The van der Waals surface area contributed by atoms with E-state index in [4.69, 9.17) is 9.11 Å². The second-order valence-corrected chi connectivity index (χ2v) is 6.98. The van der Waals surface area contributed by atoms with Crippen LogP contribution in [0.25, 0.3) is 0 Å². The SMILES string of the molecule is CCCCC(CCCS(=O)(=O)O)S(=O)(=O)O. The van der Waals surface area contributed by atoms with Gasteiger partial charge >= 0.3 is 0 Å². The highest BCUT2D eigenvalue weighted by molar-refractivity contribution is 7.86. The molecule has 0 fully saturated rings. The summed E-state index contributed by atoms with van der Waals surface area (Å²) >= 11 is 0. The third-order valence-corrected chi connectivity index (χ3v) is 4.35. The van der Waals surface area contributed by atoms with Gasteiger partial charge in [0.2, 0.25) is 0 Å². The summed E-state index contributed by atoms with van der Waals surface area (Å²) in [6.07, 6.45) is 1.81. The highest BCUT2D eigenvalue weighted by Crippen LogP contribution is 2.15. The Morgan fingerprint density at radius 1 is 1.00 bits per heavy atom. The van der Waals surface area contributed by atoms with Gasteiger partial charge in [0.1, 0.15) is 0 Å². The molecular formula is C8H18O6S2. The Hall–Kier alpha value is -0.180. The molecule has 0 rings (SSSR count). The zero-order chi connectivity index (χ0) is 12.8. The molecule has 0 aliphatic heterocycles. The zero-order valence-electron chi connectivity index (χ0n) is 9.16. The fraction of sp³-hybridized carbons (Fsp3) is 1.00.